The number of thiazole rings is 1. The molecular formula is C13H8ClN3S. The molecule has 0 saturated carbocycles. The highest BCUT2D eigenvalue weighted by molar-refractivity contribution is 7.16. The first-order valence-electron chi connectivity index (χ1n) is 5.26. The predicted molar refractivity (Wildman–Crippen MR) is 74.8 cm³/mol. The van der Waals surface area contributed by atoms with Crippen molar-refractivity contribution >= 4 is 39.5 Å². The van der Waals surface area contributed by atoms with Gasteiger partial charge in [-0.3, -0.25) is 9.97 Å². The van der Waals surface area contributed by atoms with Gasteiger partial charge in [-0.2, -0.15) is 0 Å². The topological polar surface area (TPSA) is 38.7 Å². The molecular weight excluding hydrogens is 266 g/mol. The number of nitrogens with zero attached hydrogens (tertiary/aromatic N) is 3. The molecule has 0 atom stereocenters. The first-order chi connectivity index (χ1) is 8.74. The third-order valence-corrected chi connectivity index (χ3v) is 3.77. The van der Waals surface area contributed by atoms with Crippen LogP contribution in [0.15, 0.2) is 43.4 Å². The van der Waals surface area contributed by atoms with E-state index in [0.717, 1.165) is 27.0 Å². The Bertz CT molecular complexity index is 736. The summed E-state index contributed by atoms with van der Waals surface area (Å²) in [5.41, 5.74) is 3.62. The smallest absolute Gasteiger partial charge is 0.184 e. The van der Waals surface area contributed by atoms with Gasteiger partial charge in [0.1, 0.15) is 0 Å². The van der Waals surface area contributed by atoms with Crippen molar-refractivity contribution in [2.45, 2.75) is 0 Å². The third-order valence-electron chi connectivity index (χ3n) is 2.59. The molecule has 0 bridgehead atoms. The molecule has 0 radical (unpaired) electrons. The first-order valence-corrected chi connectivity index (χ1v) is 6.45. The fourth-order valence-electron chi connectivity index (χ4n) is 1.69. The Morgan fingerprint density at radius 2 is 1.89 bits per heavy atom. The summed E-state index contributed by atoms with van der Waals surface area (Å²) in [4.78, 5) is 13.5. The maximum absolute atomic E-state index is 5.83. The molecule has 0 aliphatic carbocycles. The normalized spacial score (nSPS) is 10.7. The highest BCUT2D eigenvalue weighted by Gasteiger charge is 2.07. The summed E-state index contributed by atoms with van der Waals surface area (Å²) in [6.07, 6.45) is 5.09. The maximum atomic E-state index is 5.83. The minimum absolute atomic E-state index is 0.520. The van der Waals surface area contributed by atoms with Crippen LogP contribution in [0.2, 0.25) is 4.47 Å². The minimum atomic E-state index is 0.520. The number of halogens is 1. The highest BCUT2D eigenvalue weighted by Crippen LogP contribution is 2.29. The lowest BCUT2D eigenvalue weighted by Crippen LogP contribution is -1.86. The van der Waals surface area contributed by atoms with Crippen LogP contribution >= 0.6 is 22.9 Å². The second-order valence-corrected chi connectivity index (χ2v) is 5.33. The Labute approximate surface area is 113 Å². The lowest BCUT2D eigenvalue weighted by atomic mass is 10.1. The zero-order valence-corrected chi connectivity index (χ0v) is 10.9. The van der Waals surface area contributed by atoms with Crippen LogP contribution in [-0.2, 0) is 0 Å². The molecule has 2 aromatic heterocycles. The van der Waals surface area contributed by atoms with Crippen molar-refractivity contribution in [3.8, 4) is 0 Å². The van der Waals surface area contributed by atoms with E-state index in [1.807, 2.05) is 18.2 Å². The summed E-state index contributed by atoms with van der Waals surface area (Å²) in [6.45, 7) is 4.08. The molecule has 0 aliphatic rings. The molecule has 88 valence electrons. The number of hydrogen-bond donors (Lipinski definition) is 0. The van der Waals surface area contributed by atoms with Crippen molar-refractivity contribution in [2.75, 3.05) is 0 Å². The molecule has 0 aliphatic heterocycles. The number of hydrogen-bond acceptors (Lipinski definition) is 4. The van der Waals surface area contributed by atoms with E-state index in [0.29, 0.717) is 4.47 Å². The van der Waals surface area contributed by atoms with Crippen molar-refractivity contribution in [1.82, 2.24) is 15.0 Å². The molecule has 0 spiro atoms. The molecule has 0 saturated heterocycles. The van der Waals surface area contributed by atoms with E-state index in [1.54, 1.807) is 18.6 Å². The summed E-state index contributed by atoms with van der Waals surface area (Å²) in [6, 6.07) is 5.89. The molecule has 0 unspecified atom stereocenters. The molecule has 1 aromatic carbocycles. The second kappa shape index (κ2) is 4.48. The Hall–Kier alpha value is -1.78. The van der Waals surface area contributed by atoms with E-state index in [4.69, 9.17) is 11.6 Å². The lowest BCUT2D eigenvalue weighted by molar-refractivity contribution is 1.29. The first kappa shape index (κ1) is 11.3. The third kappa shape index (κ3) is 2.00. The minimum Gasteiger partial charge on any atom is -0.253 e. The number of benzene rings is 1. The molecule has 3 rings (SSSR count). The summed E-state index contributed by atoms with van der Waals surface area (Å²) >= 11 is 7.25. The van der Waals surface area contributed by atoms with E-state index in [2.05, 4.69) is 21.5 Å². The molecule has 0 amide bonds. The second-order valence-electron chi connectivity index (χ2n) is 3.72. The van der Waals surface area contributed by atoms with Crippen molar-refractivity contribution < 1.29 is 0 Å². The molecule has 0 N–H and O–H groups in total. The van der Waals surface area contributed by atoms with Crippen molar-refractivity contribution in [3.05, 3.63) is 58.3 Å². The highest BCUT2D eigenvalue weighted by atomic mass is 35.5. The standard InChI is InChI=1S/C13H8ClN3S/c1-8(12-7-17-13(14)18-12)9-2-3-10-11(6-9)16-5-4-15-10/h2-7H,1H2. The van der Waals surface area contributed by atoms with E-state index < -0.39 is 0 Å². The van der Waals surface area contributed by atoms with Gasteiger partial charge in [0.15, 0.2) is 4.47 Å². The van der Waals surface area contributed by atoms with Crippen LogP contribution in [0.25, 0.3) is 16.6 Å². The van der Waals surface area contributed by atoms with Crippen LogP contribution in [0.4, 0.5) is 0 Å². The van der Waals surface area contributed by atoms with Gasteiger partial charge in [-0.05, 0) is 23.3 Å². The summed E-state index contributed by atoms with van der Waals surface area (Å²) < 4.78 is 0.520. The van der Waals surface area contributed by atoms with Crippen molar-refractivity contribution in [2.24, 2.45) is 0 Å². The molecule has 3 aromatic rings. The fraction of sp³-hybridized carbons (Fsp3) is 0. The van der Waals surface area contributed by atoms with Gasteiger partial charge in [-0.1, -0.05) is 24.2 Å². The van der Waals surface area contributed by atoms with Gasteiger partial charge in [-0.15, -0.1) is 11.3 Å². The predicted octanol–water partition coefficient (Wildman–Crippen LogP) is 3.80. The van der Waals surface area contributed by atoms with Crippen molar-refractivity contribution in [1.29, 1.82) is 0 Å². The number of aromatic nitrogens is 3. The number of fused-ring (bicyclic) bond motifs is 1. The average Bonchev–Trinajstić information content (AvgIpc) is 2.84. The SMILES string of the molecule is C=C(c1ccc2nccnc2c1)c1cnc(Cl)s1. The maximum Gasteiger partial charge on any atom is 0.184 e. The lowest BCUT2D eigenvalue weighted by Gasteiger charge is -2.03. The van der Waals surface area contributed by atoms with Gasteiger partial charge in [-0.25, -0.2) is 4.98 Å². The molecule has 5 heteroatoms. The number of rotatable bonds is 2. The van der Waals surface area contributed by atoms with Gasteiger partial charge < -0.3 is 0 Å². The van der Waals surface area contributed by atoms with Gasteiger partial charge in [0.25, 0.3) is 0 Å². The van der Waals surface area contributed by atoms with Crippen molar-refractivity contribution in [3.63, 3.8) is 0 Å². The molecule has 3 nitrogen and oxygen atoms in total. The van der Waals surface area contributed by atoms with Gasteiger partial charge >= 0.3 is 0 Å². The van der Waals surface area contributed by atoms with E-state index >= 15 is 0 Å². The van der Waals surface area contributed by atoms with Crippen LogP contribution in [0.5, 0.6) is 0 Å². The van der Waals surface area contributed by atoms with Crippen LogP contribution < -0.4 is 0 Å². The largest absolute Gasteiger partial charge is 0.253 e. The van der Waals surface area contributed by atoms with Gasteiger partial charge in [0, 0.05) is 18.6 Å². The van der Waals surface area contributed by atoms with Crippen LogP contribution in [-0.4, -0.2) is 15.0 Å². The Morgan fingerprint density at radius 3 is 2.61 bits per heavy atom. The Balaban J connectivity index is 2.06. The van der Waals surface area contributed by atoms with E-state index in [1.165, 1.54) is 11.3 Å². The molecule has 0 fully saturated rings. The summed E-state index contributed by atoms with van der Waals surface area (Å²) in [5, 5.41) is 0. The van der Waals surface area contributed by atoms with E-state index in [-0.39, 0.29) is 0 Å². The van der Waals surface area contributed by atoms with Crippen LogP contribution in [0.3, 0.4) is 0 Å². The monoisotopic (exact) mass is 273 g/mol. The van der Waals surface area contributed by atoms with Crippen LogP contribution in [0.1, 0.15) is 10.4 Å². The quantitative estimate of drug-likeness (QED) is 0.713. The molecule has 18 heavy (non-hydrogen) atoms. The Kier molecular flexibility index (Phi) is 2.81. The van der Waals surface area contributed by atoms with Gasteiger partial charge in [0.2, 0.25) is 0 Å². The zero-order chi connectivity index (χ0) is 12.5. The Morgan fingerprint density at radius 1 is 1.11 bits per heavy atom. The van der Waals surface area contributed by atoms with Gasteiger partial charge in [0.05, 0.1) is 15.9 Å². The average molecular weight is 274 g/mol. The van der Waals surface area contributed by atoms with E-state index in [9.17, 15) is 0 Å². The zero-order valence-electron chi connectivity index (χ0n) is 9.30. The fourth-order valence-corrected chi connectivity index (χ4v) is 2.62. The molecule has 2 heterocycles. The summed E-state index contributed by atoms with van der Waals surface area (Å²) in [7, 11) is 0. The van der Waals surface area contributed by atoms with Crippen LogP contribution in [0, 0.1) is 0 Å². The summed E-state index contributed by atoms with van der Waals surface area (Å²) in [5.74, 6) is 0.